The van der Waals surface area contributed by atoms with Gasteiger partial charge in [0.1, 0.15) is 17.9 Å². The third kappa shape index (κ3) is 6.87. The van der Waals surface area contributed by atoms with E-state index in [0.717, 1.165) is 17.0 Å². The summed E-state index contributed by atoms with van der Waals surface area (Å²) in [6.07, 6.45) is 5.02. The molecule has 0 bridgehead atoms. The fourth-order valence-electron chi connectivity index (χ4n) is 2.34. The summed E-state index contributed by atoms with van der Waals surface area (Å²) >= 11 is 1.70. The number of rotatable bonds is 9. The van der Waals surface area contributed by atoms with E-state index in [-0.39, 0.29) is 5.54 Å². The van der Waals surface area contributed by atoms with Crippen LogP contribution >= 0.6 is 11.9 Å². The van der Waals surface area contributed by atoms with Crippen LogP contribution in [-0.4, -0.2) is 22.6 Å². The zero-order chi connectivity index (χ0) is 20.6. The van der Waals surface area contributed by atoms with Crippen LogP contribution in [0.5, 0.6) is 0 Å². The molecule has 1 aromatic heterocycles. The van der Waals surface area contributed by atoms with Gasteiger partial charge in [0.05, 0.1) is 12.8 Å². The van der Waals surface area contributed by atoms with Crippen molar-refractivity contribution in [1.82, 2.24) is 14.7 Å². The zero-order valence-electron chi connectivity index (χ0n) is 17.0. The van der Waals surface area contributed by atoms with Crippen LogP contribution in [0.1, 0.15) is 32.0 Å². The lowest BCUT2D eigenvalue weighted by Gasteiger charge is -2.19. The minimum Gasteiger partial charge on any atom is -0.497 e. The standard InChI is InChI=1S/C22H28N4OS/c1-7-9-19(16(2)27-6)20-13-21(24-15-23-20)25-18-11-8-10-17(12-18)14-28-26-22(3,4)5/h7-13,15,26H,1-2,14H2,3-6H3,(H,23,24,25)/b19-9+. The Balaban J connectivity index is 2.14. The molecule has 0 saturated heterocycles. The van der Waals surface area contributed by atoms with Crippen molar-refractivity contribution < 1.29 is 4.74 Å². The SMILES string of the molecule is C=C/C=C(\C(=C)OC)c1cc(Nc2cccc(CSNC(C)(C)C)c2)ncn1. The van der Waals surface area contributed by atoms with Gasteiger partial charge in [-0.05, 0) is 44.5 Å². The second-order valence-corrected chi connectivity index (χ2v) is 7.98. The van der Waals surface area contributed by atoms with E-state index in [4.69, 9.17) is 4.74 Å². The Bertz CT molecular complexity index is 856. The molecule has 0 fully saturated rings. The number of nitrogens with one attached hydrogen (secondary N) is 2. The van der Waals surface area contributed by atoms with Gasteiger partial charge in [-0.25, -0.2) is 9.97 Å². The third-order valence-corrected chi connectivity index (χ3v) is 4.83. The molecule has 0 aliphatic heterocycles. The molecule has 0 saturated carbocycles. The van der Waals surface area contributed by atoms with E-state index in [2.05, 4.69) is 66.1 Å². The number of methoxy groups -OCH3 is 1. The summed E-state index contributed by atoms with van der Waals surface area (Å²) in [5.74, 6) is 2.10. The average molecular weight is 397 g/mol. The van der Waals surface area contributed by atoms with E-state index >= 15 is 0 Å². The number of allylic oxidation sites excluding steroid dienone is 3. The predicted octanol–water partition coefficient (Wildman–Crippen LogP) is 5.49. The molecule has 28 heavy (non-hydrogen) atoms. The highest BCUT2D eigenvalue weighted by molar-refractivity contribution is 7.96. The molecule has 0 radical (unpaired) electrons. The Labute approximate surface area is 172 Å². The second-order valence-electron chi connectivity index (χ2n) is 7.20. The smallest absolute Gasteiger partial charge is 0.134 e. The summed E-state index contributed by atoms with van der Waals surface area (Å²) in [6.45, 7) is 14.1. The molecular formula is C22H28N4OS. The summed E-state index contributed by atoms with van der Waals surface area (Å²) in [5.41, 5.74) is 3.76. The molecule has 1 aromatic carbocycles. The fourth-order valence-corrected chi connectivity index (χ4v) is 3.20. The topological polar surface area (TPSA) is 59.1 Å². The fraction of sp³-hybridized carbons (Fsp3) is 0.273. The van der Waals surface area contributed by atoms with Gasteiger partial charge >= 0.3 is 0 Å². The van der Waals surface area contributed by atoms with Crippen LogP contribution < -0.4 is 10.0 Å². The van der Waals surface area contributed by atoms with Crippen LogP contribution in [0.15, 0.2) is 67.7 Å². The van der Waals surface area contributed by atoms with E-state index in [0.29, 0.717) is 17.3 Å². The Morgan fingerprint density at radius 3 is 2.71 bits per heavy atom. The summed E-state index contributed by atoms with van der Waals surface area (Å²) < 4.78 is 8.68. The summed E-state index contributed by atoms with van der Waals surface area (Å²) in [6, 6.07) is 10.1. The van der Waals surface area contributed by atoms with Gasteiger partial charge < -0.3 is 10.1 Å². The van der Waals surface area contributed by atoms with Gasteiger partial charge in [-0.2, -0.15) is 0 Å². The molecule has 6 heteroatoms. The number of ether oxygens (including phenoxy) is 1. The van der Waals surface area contributed by atoms with E-state index in [1.807, 2.05) is 24.3 Å². The van der Waals surface area contributed by atoms with Gasteiger partial charge in [0.15, 0.2) is 0 Å². The van der Waals surface area contributed by atoms with E-state index in [1.165, 1.54) is 11.9 Å². The van der Waals surface area contributed by atoms with Crippen molar-refractivity contribution in [2.24, 2.45) is 0 Å². The summed E-state index contributed by atoms with van der Waals surface area (Å²) in [7, 11) is 1.58. The van der Waals surface area contributed by atoms with Crippen LogP contribution in [0, 0.1) is 0 Å². The van der Waals surface area contributed by atoms with Gasteiger partial charge in [0.25, 0.3) is 0 Å². The van der Waals surface area contributed by atoms with Crippen LogP contribution in [0.2, 0.25) is 0 Å². The van der Waals surface area contributed by atoms with Crippen molar-refractivity contribution in [3.8, 4) is 0 Å². The predicted molar refractivity (Wildman–Crippen MR) is 120 cm³/mol. The highest BCUT2D eigenvalue weighted by Crippen LogP contribution is 2.24. The van der Waals surface area contributed by atoms with Crippen molar-refractivity contribution >= 4 is 29.0 Å². The monoisotopic (exact) mass is 396 g/mol. The van der Waals surface area contributed by atoms with Gasteiger partial charge in [-0.1, -0.05) is 43.3 Å². The zero-order valence-corrected chi connectivity index (χ0v) is 17.8. The molecule has 0 aliphatic rings. The number of hydrogen-bond acceptors (Lipinski definition) is 6. The number of hydrogen-bond donors (Lipinski definition) is 2. The third-order valence-electron chi connectivity index (χ3n) is 3.59. The molecule has 0 amide bonds. The molecule has 148 valence electrons. The van der Waals surface area contributed by atoms with E-state index < -0.39 is 0 Å². The van der Waals surface area contributed by atoms with E-state index in [1.54, 1.807) is 25.1 Å². The van der Waals surface area contributed by atoms with Crippen molar-refractivity contribution in [3.63, 3.8) is 0 Å². The highest BCUT2D eigenvalue weighted by Gasteiger charge is 2.10. The lowest BCUT2D eigenvalue weighted by molar-refractivity contribution is 0.312. The molecule has 2 aromatic rings. The largest absolute Gasteiger partial charge is 0.497 e. The molecule has 0 aliphatic carbocycles. The number of nitrogens with zero attached hydrogens (tertiary/aromatic N) is 2. The molecule has 0 unspecified atom stereocenters. The maximum Gasteiger partial charge on any atom is 0.134 e. The Morgan fingerprint density at radius 2 is 2.04 bits per heavy atom. The normalized spacial score (nSPS) is 11.8. The minimum absolute atomic E-state index is 0.0841. The van der Waals surface area contributed by atoms with Crippen molar-refractivity contribution in [1.29, 1.82) is 0 Å². The first-order valence-corrected chi connectivity index (χ1v) is 9.94. The number of anilines is 2. The Hall–Kier alpha value is -2.57. The Morgan fingerprint density at radius 1 is 1.25 bits per heavy atom. The summed E-state index contributed by atoms with van der Waals surface area (Å²) in [4.78, 5) is 8.65. The number of benzene rings is 1. The van der Waals surface area contributed by atoms with Crippen molar-refractivity contribution in [2.75, 3.05) is 12.4 Å². The quantitative estimate of drug-likeness (QED) is 0.332. The first kappa shape index (κ1) is 21.7. The van der Waals surface area contributed by atoms with Gasteiger partial charge in [-0.3, -0.25) is 4.72 Å². The van der Waals surface area contributed by atoms with Crippen LogP contribution in [-0.2, 0) is 10.5 Å². The second kappa shape index (κ2) is 10.1. The maximum absolute atomic E-state index is 5.25. The van der Waals surface area contributed by atoms with Gasteiger partial charge in [0.2, 0.25) is 0 Å². The molecule has 5 nitrogen and oxygen atoms in total. The first-order valence-electron chi connectivity index (χ1n) is 8.95. The molecule has 2 rings (SSSR count). The first-order chi connectivity index (χ1) is 13.3. The molecule has 1 heterocycles. The molecule has 0 spiro atoms. The molecule has 0 atom stereocenters. The Kier molecular flexibility index (Phi) is 7.84. The van der Waals surface area contributed by atoms with Crippen LogP contribution in [0.25, 0.3) is 5.57 Å². The van der Waals surface area contributed by atoms with Gasteiger partial charge in [-0.15, -0.1) is 0 Å². The molecule has 2 N–H and O–H groups in total. The number of aromatic nitrogens is 2. The van der Waals surface area contributed by atoms with Crippen molar-refractivity contribution in [3.05, 3.63) is 79.0 Å². The van der Waals surface area contributed by atoms with Gasteiger partial charge in [0, 0.05) is 28.6 Å². The molecular weight excluding hydrogens is 368 g/mol. The summed E-state index contributed by atoms with van der Waals surface area (Å²) in [5, 5.41) is 3.34. The van der Waals surface area contributed by atoms with E-state index in [9.17, 15) is 0 Å². The lowest BCUT2D eigenvalue weighted by atomic mass is 10.1. The highest BCUT2D eigenvalue weighted by atomic mass is 32.2. The van der Waals surface area contributed by atoms with Crippen molar-refractivity contribution in [2.45, 2.75) is 32.1 Å². The van der Waals surface area contributed by atoms with Crippen LogP contribution in [0.4, 0.5) is 11.5 Å². The van der Waals surface area contributed by atoms with Crippen LogP contribution in [0.3, 0.4) is 0 Å². The minimum atomic E-state index is 0.0841. The average Bonchev–Trinajstić information content (AvgIpc) is 2.65. The maximum atomic E-state index is 5.25. The lowest BCUT2D eigenvalue weighted by Crippen LogP contribution is -2.29.